The van der Waals surface area contributed by atoms with Gasteiger partial charge in [0.1, 0.15) is 11.6 Å². The van der Waals surface area contributed by atoms with E-state index >= 15 is 0 Å². The Bertz CT molecular complexity index is 612. The molecule has 0 atom stereocenters. The topological polar surface area (TPSA) is 133 Å². The molecule has 1 aromatic rings. The molecule has 0 aliphatic rings. The summed E-state index contributed by atoms with van der Waals surface area (Å²) in [6.07, 6.45) is 3.20. The average Bonchev–Trinajstić information content (AvgIpc) is 2.59. The van der Waals surface area contributed by atoms with Crippen molar-refractivity contribution in [1.82, 2.24) is 14.9 Å². The van der Waals surface area contributed by atoms with Gasteiger partial charge in [0, 0.05) is 69.3 Å². The Balaban J connectivity index is -0.0000000623. The van der Waals surface area contributed by atoms with Crippen LogP contribution in [0.1, 0.15) is 18.3 Å². The fourth-order valence-electron chi connectivity index (χ4n) is 0.875. The Hall–Kier alpha value is 1.54. The van der Waals surface area contributed by atoms with Gasteiger partial charge in [-0.1, -0.05) is 0 Å². The molecule has 8 nitrogen and oxygen atoms in total. The Kier molecular flexibility index (Phi) is 52.1. The van der Waals surface area contributed by atoms with Gasteiger partial charge >= 0.3 is 50.5 Å². The maximum Gasteiger partial charge on any atom is 0.277 e. The number of nitrogen functional groups attached to an aromatic ring is 1. The van der Waals surface area contributed by atoms with Crippen LogP contribution in [-0.4, -0.2) is 34.8 Å². The predicted molar refractivity (Wildman–Crippen MR) is 166 cm³/mol. The van der Waals surface area contributed by atoms with Gasteiger partial charge in [-0.25, -0.2) is 20.1 Å². The van der Waals surface area contributed by atoms with Crippen molar-refractivity contribution in [2.24, 2.45) is 5.73 Å². The molecule has 0 aliphatic carbocycles. The number of hydrogen-bond acceptors (Lipinski definition) is 6. The van der Waals surface area contributed by atoms with E-state index in [1.807, 2.05) is 13.8 Å². The van der Waals surface area contributed by atoms with Crippen molar-refractivity contribution in [3.63, 3.8) is 0 Å². The number of nitriles is 1. The normalized spacial score (nSPS) is 7.76. The van der Waals surface area contributed by atoms with E-state index in [1.54, 1.807) is 31.3 Å². The number of nitrogens with zero attached hydrogens (tertiary/aromatic N) is 5. The maximum atomic E-state index is 8.22. The molecule has 0 fully saturated rings. The first-order valence-corrected chi connectivity index (χ1v) is 25.4. The second kappa shape index (κ2) is 34.2. The summed E-state index contributed by atoms with van der Waals surface area (Å²) >= 11 is 9.54. The van der Waals surface area contributed by atoms with Gasteiger partial charge in [0.05, 0.1) is 18.5 Å². The minimum Gasteiger partial charge on any atom is -0.392 e. The fourth-order valence-corrected chi connectivity index (χ4v) is 0.875. The zero-order valence-electron chi connectivity index (χ0n) is 16.3. The maximum absolute atomic E-state index is 8.22. The summed E-state index contributed by atoms with van der Waals surface area (Å²) in [5.41, 5.74) is 11.2. The second-order valence-electron chi connectivity index (χ2n) is 4.42. The molecule has 1 heterocycles. The first-order chi connectivity index (χ1) is 12.5. The zero-order valence-corrected chi connectivity index (χ0v) is 30.2. The van der Waals surface area contributed by atoms with Crippen molar-refractivity contribution in [2.45, 2.75) is 20.8 Å². The Morgan fingerprint density at radius 2 is 1.76 bits per heavy atom. The molecule has 0 aliphatic heterocycles. The molecule has 0 saturated heterocycles. The van der Waals surface area contributed by atoms with E-state index in [4.69, 9.17) is 28.7 Å². The van der Waals surface area contributed by atoms with Crippen LogP contribution in [0, 0.1) is 37.2 Å². The van der Waals surface area contributed by atoms with Crippen molar-refractivity contribution < 1.29 is 13.3 Å². The average molecular weight is 1100 g/mol. The number of hydrogen-bond donors (Lipinski definition) is 3. The minimum atomic E-state index is 0. The van der Waals surface area contributed by atoms with Crippen molar-refractivity contribution in [1.29, 1.82) is 10.7 Å². The number of amidine groups is 1. The van der Waals surface area contributed by atoms with E-state index < -0.39 is 0 Å². The van der Waals surface area contributed by atoms with Gasteiger partial charge in [-0.3, -0.25) is 5.41 Å². The summed E-state index contributed by atoms with van der Waals surface area (Å²) in [5.74, 6) is 1.46. The first-order valence-electron chi connectivity index (χ1n) is 6.59. The SMILES string of the molecule is CC(=N)N.Cc1ncc(C)c(N)n1.Cl.I.II.I[I-]I.[C-]#[N+]/C(C#N)=C/N(C)C. The molecular formula is C14H24ClI6N8-. The molecule has 0 saturated carbocycles. The molecule has 0 spiro atoms. The number of halogens is 7. The molecule has 1 aromatic heterocycles. The van der Waals surface area contributed by atoms with Gasteiger partial charge in [0.25, 0.3) is 5.70 Å². The molecule has 0 amide bonds. The number of rotatable bonds is 1. The fraction of sp³-hybridized carbons (Fsp3) is 0.357. The van der Waals surface area contributed by atoms with Crippen LogP contribution >= 0.6 is 111 Å². The van der Waals surface area contributed by atoms with Crippen LogP contribution in [0.2, 0.25) is 0 Å². The number of aromatic nitrogens is 2. The van der Waals surface area contributed by atoms with Crippen LogP contribution in [0.5, 0.6) is 0 Å². The van der Waals surface area contributed by atoms with E-state index in [9.17, 15) is 0 Å². The molecule has 0 aromatic carbocycles. The smallest absolute Gasteiger partial charge is 0.277 e. The summed E-state index contributed by atoms with van der Waals surface area (Å²) in [6.45, 7) is 11.7. The molecule has 170 valence electrons. The van der Waals surface area contributed by atoms with Crippen LogP contribution in [0.15, 0.2) is 18.1 Å². The number of allylic oxidation sites excluding steroid dienone is 1. The molecule has 29 heavy (non-hydrogen) atoms. The third kappa shape index (κ3) is 44.1. The van der Waals surface area contributed by atoms with Crippen molar-refractivity contribution in [3.05, 3.63) is 40.9 Å². The van der Waals surface area contributed by atoms with Crippen LogP contribution in [-0.2, 0) is 0 Å². The summed E-state index contributed by atoms with van der Waals surface area (Å²) < 4.78 is 0. The molecule has 0 unspecified atom stereocenters. The van der Waals surface area contributed by atoms with Gasteiger partial charge in [0.2, 0.25) is 0 Å². The third-order valence-corrected chi connectivity index (χ3v) is 1.75. The summed E-state index contributed by atoms with van der Waals surface area (Å²) in [5, 5.41) is 14.5. The third-order valence-electron chi connectivity index (χ3n) is 1.75. The monoisotopic (exact) mass is 1100 g/mol. The Labute approximate surface area is 250 Å². The predicted octanol–water partition coefficient (Wildman–Crippen LogP) is 3.04. The van der Waals surface area contributed by atoms with Gasteiger partial charge in [-0.05, 0) is 20.8 Å². The van der Waals surface area contributed by atoms with Crippen LogP contribution < -0.4 is 24.7 Å². The Morgan fingerprint density at radius 1 is 1.38 bits per heavy atom. The van der Waals surface area contributed by atoms with E-state index in [-0.39, 0.29) is 47.9 Å². The van der Waals surface area contributed by atoms with Gasteiger partial charge in [-0.15, -0.1) is 36.4 Å². The summed E-state index contributed by atoms with van der Waals surface area (Å²) in [6, 6.07) is 1.75. The Morgan fingerprint density at radius 3 is 1.93 bits per heavy atom. The van der Waals surface area contributed by atoms with Crippen molar-refractivity contribution in [2.75, 3.05) is 19.8 Å². The quantitative estimate of drug-likeness (QED) is 0.130. The molecular weight excluding hydrogens is 1080 g/mol. The van der Waals surface area contributed by atoms with Crippen LogP contribution in [0.3, 0.4) is 0 Å². The zero-order chi connectivity index (χ0) is 22.4. The first kappa shape index (κ1) is 44.3. The van der Waals surface area contributed by atoms with E-state index in [0.29, 0.717) is 19.1 Å². The van der Waals surface area contributed by atoms with E-state index in [0.717, 1.165) is 11.4 Å². The molecule has 0 radical (unpaired) electrons. The standard InChI is InChI=1S/C6H9N3.C6H7N3.C2H6N2.ClH.I3.I2.HI/c1-4-3-8-5(2)9-6(4)7;1-8-6(4-7)5-9(2)3;1-2(3)4;;1-3-2;1-2;/h3H,1-2H3,(H2,7,8,9);5H,2-3H3;1H3,(H3,3,4);1H;;;1H/q;;;;-1;;/b;6-5+;;;;;. The minimum absolute atomic E-state index is 0. The number of nitrogens with one attached hydrogen (secondary N) is 1. The van der Waals surface area contributed by atoms with Gasteiger partial charge < -0.3 is 16.4 Å². The largest absolute Gasteiger partial charge is 0.392 e. The van der Waals surface area contributed by atoms with Crippen molar-refractivity contribution >= 4 is 123 Å². The molecule has 15 heteroatoms. The van der Waals surface area contributed by atoms with Gasteiger partial charge in [-0.2, -0.15) is 0 Å². The van der Waals surface area contributed by atoms with Crippen LogP contribution in [0.25, 0.3) is 4.85 Å². The molecule has 0 bridgehead atoms. The summed E-state index contributed by atoms with van der Waals surface area (Å²) in [4.78, 5) is 12.5. The molecule has 1 rings (SSSR count). The van der Waals surface area contributed by atoms with Crippen molar-refractivity contribution in [3.8, 4) is 6.07 Å². The van der Waals surface area contributed by atoms with E-state index in [1.165, 1.54) is 13.1 Å². The number of anilines is 1. The second-order valence-corrected chi connectivity index (χ2v) is 20.7. The van der Waals surface area contributed by atoms with E-state index in [2.05, 4.69) is 89.3 Å². The van der Waals surface area contributed by atoms with Crippen LogP contribution in [0.4, 0.5) is 5.82 Å². The number of nitrogens with two attached hydrogens (primary N) is 2. The number of aryl methyl sites for hydroxylation is 2. The van der Waals surface area contributed by atoms with Gasteiger partial charge in [0.15, 0.2) is 0 Å². The summed E-state index contributed by atoms with van der Waals surface area (Å²) in [7, 11) is 3.53. The molecule has 5 N–H and O–H groups in total.